The number of nitrogens with zero attached hydrogens (tertiary/aromatic N) is 1. The summed E-state index contributed by atoms with van der Waals surface area (Å²) in [7, 11) is 0. The maximum Gasteiger partial charge on any atom is 0.238 e. The molecule has 0 unspecified atom stereocenters. The number of hydrogen-bond donors (Lipinski definition) is 1. The maximum atomic E-state index is 12.9. The Morgan fingerprint density at radius 3 is 2.19 bits per heavy atom. The minimum absolute atomic E-state index is 0.100. The summed E-state index contributed by atoms with van der Waals surface area (Å²) in [5.41, 5.74) is 2.06. The lowest BCUT2D eigenvalue weighted by atomic mass is 9.84. The van der Waals surface area contributed by atoms with Gasteiger partial charge in [-0.2, -0.15) is 0 Å². The quantitative estimate of drug-likeness (QED) is 0.698. The van der Waals surface area contributed by atoms with Crippen molar-refractivity contribution in [2.24, 2.45) is 5.92 Å². The number of nitrogens with one attached hydrogen (secondary N) is 1. The van der Waals surface area contributed by atoms with Gasteiger partial charge in [0.2, 0.25) is 5.91 Å². The van der Waals surface area contributed by atoms with Crippen molar-refractivity contribution in [2.45, 2.75) is 19.1 Å². The number of ketones is 2. The summed E-state index contributed by atoms with van der Waals surface area (Å²) in [6.45, 7) is 3.23. The van der Waals surface area contributed by atoms with Gasteiger partial charge in [0, 0.05) is 33.9 Å². The normalized spacial score (nSPS) is 19.9. The van der Waals surface area contributed by atoms with E-state index in [2.05, 4.69) is 10.2 Å². The van der Waals surface area contributed by atoms with Crippen LogP contribution in [0.15, 0.2) is 42.5 Å². The molecule has 0 bridgehead atoms. The molecule has 7 nitrogen and oxygen atoms in total. The van der Waals surface area contributed by atoms with E-state index in [9.17, 15) is 14.4 Å². The largest absolute Gasteiger partial charge is 0.350 e. The molecule has 2 heterocycles. The molecule has 160 valence electrons. The van der Waals surface area contributed by atoms with E-state index >= 15 is 0 Å². The number of benzene rings is 2. The highest BCUT2D eigenvalue weighted by Gasteiger charge is 2.31. The summed E-state index contributed by atoms with van der Waals surface area (Å²) < 4.78 is 11.2. The number of piperidine rings is 1. The van der Waals surface area contributed by atoms with E-state index in [0.717, 1.165) is 25.9 Å². The van der Waals surface area contributed by atoms with Crippen LogP contribution in [-0.2, 0) is 14.3 Å². The molecule has 5 rings (SSSR count). The molecular weight excluding hydrogens is 396 g/mol. The number of carbonyl (C=O) groups excluding carboxylic acids is 3. The molecule has 1 N–H and O–H groups in total. The number of carbonyl (C=O) groups is 3. The Hall–Kier alpha value is -2.87. The lowest BCUT2D eigenvalue weighted by molar-refractivity contribution is -0.119. The van der Waals surface area contributed by atoms with E-state index in [4.69, 9.17) is 9.47 Å². The SMILES string of the molecule is O=C(CN1CCC(C2OCCO2)CC1)Nc1ccc2c(c1)C(=O)c1ccccc1C2=O. The Morgan fingerprint density at radius 1 is 0.903 bits per heavy atom. The monoisotopic (exact) mass is 420 g/mol. The summed E-state index contributed by atoms with van der Waals surface area (Å²) in [6.07, 6.45) is 1.77. The van der Waals surface area contributed by atoms with Crippen LogP contribution in [0.1, 0.15) is 44.7 Å². The second kappa shape index (κ2) is 8.34. The van der Waals surface area contributed by atoms with E-state index in [-0.39, 0.29) is 30.3 Å². The highest BCUT2D eigenvalue weighted by atomic mass is 16.7. The second-order valence-electron chi connectivity index (χ2n) is 8.24. The van der Waals surface area contributed by atoms with Crippen LogP contribution in [0, 0.1) is 5.92 Å². The highest BCUT2D eigenvalue weighted by molar-refractivity contribution is 6.28. The van der Waals surface area contributed by atoms with Crippen molar-refractivity contribution in [1.29, 1.82) is 0 Å². The minimum Gasteiger partial charge on any atom is -0.350 e. The lowest BCUT2D eigenvalue weighted by Gasteiger charge is -2.33. The molecule has 3 aliphatic rings. The van der Waals surface area contributed by atoms with Gasteiger partial charge in [-0.1, -0.05) is 24.3 Å². The van der Waals surface area contributed by atoms with E-state index in [1.165, 1.54) is 0 Å². The molecule has 0 radical (unpaired) electrons. The molecule has 0 spiro atoms. The molecule has 0 saturated carbocycles. The third-order valence-corrected chi connectivity index (χ3v) is 6.24. The summed E-state index contributed by atoms with van der Waals surface area (Å²) in [6, 6.07) is 11.7. The number of anilines is 1. The maximum absolute atomic E-state index is 12.9. The van der Waals surface area contributed by atoms with Crippen molar-refractivity contribution in [3.8, 4) is 0 Å². The zero-order chi connectivity index (χ0) is 21.4. The molecule has 0 atom stereocenters. The van der Waals surface area contributed by atoms with E-state index in [0.29, 0.717) is 47.1 Å². The van der Waals surface area contributed by atoms with E-state index in [1.54, 1.807) is 42.5 Å². The van der Waals surface area contributed by atoms with Gasteiger partial charge < -0.3 is 14.8 Å². The molecule has 1 aliphatic carbocycles. The van der Waals surface area contributed by atoms with Crippen molar-refractivity contribution < 1.29 is 23.9 Å². The molecule has 7 heteroatoms. The highest BCUT2D eigenvalue weighted by Crippen LogP contribution is 2.29. The summed E-state index contributed by atoms with van der Waals surface area (Å²) in [5.74, 6) is -0.114. The van der Waals surface area contributed by atoms with Crippen LogP contribution < -0.4 is 5.32 Å². The van der Waals surface area contributed by atoms with Gasteiger partial charge in [-0.25, -0.2) is 0 Å². The smallest absolute Gasteiger partial charge is 0.238 e. The van der Waals surface area contributed by atoms with Gasteiger partial charge in [0.05, 0.1) is 19.8 Å². The van der Waals surface area contributed by atoms with Crippen LogP contribution in [0.5, 0.6) is 0 Å². The molecule has 2 aliphatic heterocycles. The Labute approximate surface area is 180 Å². The summed E-state index contributed by atoms with van der Waals surface area (Å²) >= 11 is 0. The van der Waals surface area contributed by atoms with Gasteiger partial charge in [0.1, 0.15) is 0 Å². The van der Waals surface area contributed by atoms with Gasteiger partial charge >= 0.3 is 0 Å². The van der Waals surface area contributed by atoms with Crippen molar-refractivity contribution in [3.63, 3.8) is 0 Å². The number of rotatable bonds is 4. The minimum atomic E-state index is -0.195. The second-order valence-corrected chi connectivity index (χ2v) is 8.24. The predicted molar refractivity (Wildman–Crippen MR) is 113 cm³/mol. The molecule has 2 aromatic rings. The van der Waals surface area contributed by atoms with Gasteiger partial charge in [0.15, 0.2) is 17.9 Å². The fourth-order valence-electron chi connectivity index (χ4n) is 4.61. The van der Waals surface area contributed by atoms with Crippen LogP contribution in [0.2, 0.25) is 0 Å². The Morgan fingerprint density at radius 2 is 1.52 bits per heavy atom. The average Bonchev–Trinajstić information content (AvgIpc) is 3.33. The first-order chi connectivity index (χ1) is 15.1. The number of hydrogen-bond acceptors (Lipinski definition) is 6. The third kappa shape index (κ3) is 3.92. The number of ether oxygens (including phenoxy) is 2. The van der Waals surface area contributed by atoms with Crippen LogP contribution in [0.4, 0.5) is 5.69 Å². The standard InChI is InChI=1S/C24H24N2O5/c27-21(14-26-9-7-15(8-10-26)24-30-11-12-31-24)25-16-5-6-19-20(13-16)23(29)18-4-2-1-3-17(18)22(19)28/h1-6,13,15,24H,7-12,14H2,(H,25,27). The topological polar surface area (TPSA) is 84.9 Å². The van der Waals surface area contributed by atoms with Gasteiger partial charge in [-0.3, -0.25) is 19.3 Å². The first kappa shape index (κ1) is 20.1. The number of amides is 1. The summed E-state index contributed by atoms with van der Waals surface area (Å²) in [5, 5.41) is 2.87. The molecular formula is C24H24N2O5. The van der Waals surface area contributed by atoms with Crippen molar-refractivity contribution in [2.75, 3.05) is 38.2 Å². The predicted octanol–water partition coefficient (Wildman–Crippen LogP) is 2.49. The molecule has 2 aromatic carbocycles. The molecule has 2 saturated heterocycles. The lowest BCUT2D eigenvalue weighted by Crippen LogP contribution is -2.41. The van der Waals surface area contributed by atoms with Gasteiger partial charge in [-0.15, -0.1) is 0 Å². The van der Waals surface area contributed by atoms with Crippen LogP contribution in [-0.4, -0.2) is 61.5 Å². The molecule has 0 aromatic heterocycles. The van der Waals surface area contributed by atoms with Crippen molar-refractivity contribution >= 4 is 23.2 Å². The Kier molecular flexibility index (Phi) is 5.40. The van der Waals surface area contributed by atoms with Crippen LogP contribution >= 0.6 is 0 Å². The van der Waals surface area contributed by atoms with Crippen LogP contribution in [0.25, 0.3) is 0 Å². The third-order valence-electron chi connectivity index (χ3n) is 6.24. The van der Waals surface area contributed by atoms with Gasteiger partial charge in [-0.05, 0) is 44.1 Å². The fraction of sp³-hybridized carbons (Fsp3) is 0.375. The Bertz CT molecular complexity index is 1040. The number of likely N-dealkylation sites (tertiary alicyclic amines) is 1. The van der Waals surface area contributed by atoms with Crippen LogP contribution in [0.3, 0.4) is 0 Å². The molecule has 1 amide bonds. The Balaban J connectivity index is 1.22. The fourth-order valence-corrected chi connectivity index (χ4v) is 4.61. The molecule has 31 heavy (non-hydrogen) atoms. The van der Waals surface area contributed by atoms with Crippen molar-refractivity contribution in [3.05, 3.63) is 64.7 Å². The van der Waals surface area contributed by atoms with E-state index in [1.807, 2.05) is 0 Å². The first-order valence-electron chi connectivity index (χ1n) is 10.7. The summed E-state index contributed by atoms with van der Waals surface area (Å²) in [4.78, 5) is 40.3. The first-order valence-corrected chi connectivity index (χ1v) is 10.7. The zero-order valence-corrected chi connectivity index (χ0v) is 17.1. The van der Waals surface area contributed by atoms with Gasteiger partial charge in [0.25, 0.3) is 0 Å². The average molecular weight is 420 g/mol. The number of fused-ring (bicyclic) bond motifs is 2. The zero-order valence-electron chi connectivity index (χ0n) is 17.1. The van der Waals surface area contributed by atoms with Crippen molar-refractivity contribution in [1.82, 2.24) is 4.90 Å². The van der Waals surface area contributed by atoms with E-state index < -0.39 is 0 Å². The molecule has 2 fully saturated rings.